The van der Waals surface area contributed by atoms with Gasteiger partial charge in [-0.1, -0.05) is 0 Å². The summed E-state index contributed by atoms with van der Waals surface area (Å²) in [6.07, 6.45) is -1.56. The van der Waals surface area contributed by atoms with E-state index >= 15 is 0 Å². The topological polar surface area (TPSA) is 103 Å². The first-order valence-electron chi connectivity index (χ1n) is 4.73. The van der Waals surface area contributed by atoms with Crippen molar-refractivity contribution in [3.05, 3.63) is 34.2 Å². The van der Waals surface area contributed by atoms with Gasteiger partial charge < -0.3 is 20.0 Å². The van der Waals surface area contributed by atoms with Gasteiger partial charge in [-0.3, -0.25) is 0 Å². The molecule has 6 nitrogen and oxygen atoms in total. The van der Waals surface area contributed by atoms with Crippen LogP contribution in [0.25, 0.3) is 11.0 Å². The average Bonchev–Trinajstić information content (AvgIpc) is 2.23. The number of hydrogen-bond acceptors (Lipinski definition) is 5. The van der Waals surface area contributed by atoms with Crippen molar-refractivity contribution in [1.29, 1.82) is 0 Å². The lowest BCUT2D eigenvalue weighted by atomic mass is 10.1. The highest BCUT2D eigenvalue weighted by atomic mass is 16.7. The molecule has 0 saturated heterocycles. The van der Waals surface area contributed by atoms with E-state index in [1.165, 1.54) is 6.07 Å². The summed E-state index contributed by atoms with van der Waals surface area (Å²) in [7, 11) is 0. The molecule has 0 unspecified atom stereocenters. The molecule has 1 aromatic heterocycles. The maximum absolute atomic E-state index is 11.5. The minimum atomic E-state index is -1.56. The smallest absolute Gasteiger partial charge is 0.449 e. The Balaban J connectivity index is 2.76. The minimum Gasteiger partial charge on any atom is -0.449 e. The lowest BCUT2D eigenvalue weighted by molar-refractivity contribution is 0.142. The van der Waals surface area contributed by atoms with Gasteiger partial charge in [0.15, 0.2) is 0 Å². The van der Waals surface area contributed by atoms with E-state index in [9.17, 15) is 9.59 Å². The summed E-state index contributed by atoms with van der Waals surface area (Å²) in [5.74, 6) is -0.324. The largest absolute Gasteiger partial charge is 0.511 e. The van der Waals surface area contributed by atoms with Crippen LogP contribution in [0.5, 0.6) is 5.75 Å². The van der Waals surface area contributed by atoms with Crippen molar-refractivity contribution >= 4 is 22.8 Å². The minimum absolute atomic E-state index is 0.297. The zero-order valence-corrected chi connectivity index (χ0v) is 8.89. The Morgan fingerprint density at radius 2 is 2.18 bits per heavy atom. The van der Waals surface area contributed by atoms with Crippen LogP contribution in [0.1, 0.15) is 5.56 Å². The monoisotopic (exact) mass is 235 g/mol. The number of benzene rings is 1. The fourth-order valence-electron chi connectivity index (χ4n) is 1.56. The average molecular weight is 235 g/mol. The van der Waals surface area contributed by atoms with Gasteiger partial charge in [-0.05, 0) is 19.1 Å². The summed E-state index contributed by atoms with van der Waals surface area (Å²) < 4.78 is 9.32. The standard InChI is InChI=1S/C11H9NO5/c1-5-7-3-2-6(12)4-8(7)16-10(13)9(5)17-11(14)15/h2-4H,12H2,1H3,(H,14,15). The van der Waals surface area contributed by atoms with Crippen LogP contribution < -0.4 is 16.1 Å². The Bertz CT molecular complexity index is 659. The molecule has 3 N–H and O–H groups in total. The van der Waals surface area contributed by atoms with Crippen molar-refractivity contribution < 1.29 is 19.1 Å². The van der Waals surface area contributed by atoms with Crippen LogP contribution in [-0.4, -0.2) is 11.3 Å². The fraction of sp³-hybridized carbons (Fsp3) is 0.0909. The van der Waals surface area contributed by atoms with Crippen LogP contribution in [0.3, 0.4) is 0 Å². The van der Waals surface area contributed by atoms with E-state index in [0.29, 0.717) is 22.2 Å². The molecular weight excluding hydrogens is 226 g/mol. The second-order valence-electron chi connectivity index (χ2n) is 3.47. The number of ether oxygens (including phenoxy) is 1. The first kappa shape index (κ1) is 11.0. The Hall–Kier alpha value is -2.50. The lowest BCUT2D eigenvalue weighted by Gasteiger charge is -2.06. The number of carbonyl (C=O) groups is 1. The van der Waals surface area contributed by atoms with E-state index < -0.39 is 11.8 Å². The van der Waals surface area contributed by atoms with Gasteiger partial charge in [-0.15, -0.1) is 0 Å². The van der Waals surface area contributed by atoms with Crippen molar-refractivity contribution in [1.82, 2.24) is 0 Å². The highest BCUT2D eigenvalue weighted by Gasteiger charge is 2.15. The molecule has 17 heavy (non-hydrogen) atoms. The first-order valence-corrected chi connectivity index (χ1v) is 4.73. The quantitative estimate of drug-likeness (QED) is 0.443. The zero-order valence-electron chi connectivity index (χ0n) is 8.89. The number of hydrogen-bond donors (Lipinski definition) is 2. The molecular formula is C11H9NO5. The van der Waals surface area contributed by atoms with E-state index in [0.717, 1.165) is 0 Å². The molecule has 2 aromatic rings. The predicted octanol–water partition coefficient (Wildman–Crippen LogP) is 1.74. The molecule has 0 atom stereocenters. The van der Waals surface area contributed by atoms with Crippen LogP contribution in [0.2, 0.25) is 0 Å². The molecule has 1 aromatic carbocycles. The van der Waals surface area contributed by atoms with E-state index in [-0.39, 0.29) is 5.75 Å². The molecule has 0 bridgehead atoms. The third-order valence-electron chi connectivity index (χ3n) is 2.33. The van der Waals surface area contributed by atoms with Crippen LogP contribution in [0, 0.1) is 6.92 Å². The van der Waals surface area contributed by atoms with Crippen molar-refractivity contribution in [2.24, 2.45) is 0 Å². The molecule has 0 aliphatic carbocycles. The molecule has 2 rings (SSSR count). The SMILES string of the molecule is Cc1c(OC(=O)O)c(=O)oc2cc(N)ccc12. The van der Waals surface area contributed by atoms with Gasteiger partial charge >= 0.3 is 11.8 Å². The molecule has 0 fully saturated rings. The Morgan fingerprint density at radius 3 is 2.82 bits per heavy atom. The first-order chi connectivity index (χ1) is 7.99. The normalized spacial score (nSPS) is 10.4. The number of aryl methyl sites for hydroxylation is 1. The second-order valence-corrected chi connectivity index (χ2v) is 3.47. The van der Waals surface area contributed by atoms with Gasteiger partial charge in [0.05, 0.1) is 0 Å². The summed E-state index contributed by atoms with van der Waals surface area (Å²) in [4.78, 5) is 21.9. The van der Waals surface area contributed by atoms with Crippen LogP contribution in [0.4, 0.5) is 10.5 Å². The molecule has 88 valence electrons. The maximum Gasteiger partial charge on any atom is 0.511 e. The third kappa shape index (κ3) is 1.92. The number of nitrogen functional groups attached to an aromatic ring is 1. The molecule has 0 aliphatic rings. The van der Waals surface area contributed by atoms with Gasteiger partial charge in [0.2, 0.25) is 5.75 Å². The third-order valence-corrected chi connectivity index (χ3v) is 2.33. The van der Waals surface area contributed by atoms with Crippen molar-refractivity contribution in [2.45, 2.75) is 6.92 Å². The number of anilines is 1. The summed E-state index contributed by atoms with van der Waals surface area (Å²) in [6, 6.07) is 4.76. The Kier molecular flexibility index (Phi) is 2.47. The van der Waals surface area contributed by atoms with E-state index in [4.69, 9.17) is 15.3 Å². The maximum atomic E-state index is 11.5. The van der Waals surface area contributed by atoms with Gasteiger partial charge in [-0.25, -0.2) is 9.59 Å². The predicted molar refractivity (Wildman–Crippen MR) is 60.3 cm³/mol. The highest BCUT2D eigenvalue weighted by molar-refractivity contribution is 5.85. The molecule has 0 saturated carbocycles. The molecule has 1 heterocycles. The Labute approximate surface area is 95.2 Å². The lowest BCUT2D eigenvalue weighted by Crippen LogP contribution is -2.13. The summed E-state index contributed by atoms with van der Waals surface area (Å²) in [6.45, 7) is 1.58. The van der Waals surface area contributed by atoms with Gasteiger partial charge in [-0.2, -0.15) is 0 Å². The molecule has 0 spiro atoms. The number of nitrogens with two attached hydrogens (primary N) is 1. The van der Waals surface area contributed by atoms with Crippen molar-refractivity contribution in [3.63, 3.8) is 0 Å². The fourth-order valence-corrected chi connectivity index (χ4v) is 1.56. The van der Waals surface area contributed by atoms with Crippen molar-refractivity contribution in [3.8, 4) is 5.75 Å². The molecule has 6 heteroatoms. The van der Waals surface area contributed by atoms with E-state index in [1.807, 2.05) is 0 Å². The summed E-state index contributed by atoms with van der Waals surface area (Å²) >= 11 is 0. The summed E-state index contributed by atoms with van der Waals surface area (Å²) in [5, 5.41) is 9.09. The van der Waals surface area contributed by atoms with Crippen molar-refractivity contribution in [2.75, 3.05) is 5.73 Å². The molecule has 0 radical (unpaired) electrons. The van der Waals surface area contributed by atoms with Crippen LogP contribution in [0.15, 0.2) is 27.4 Å². The van der Waals surface area contributed by atoms with Gasteiger partial charge in [0, 0.05) is 22.7 Å². The van der Waals surface area contributed by atoms with Gasteiger partial charge in [0.1, 0.15) is 5.58 Å². The number of fused-ring (bicyclic) bond motifs is 1. The zero-order chi connectivity index (χ0) is 12.6. The van der Waals surface area contributed by atoms with Crippen LogP contribution >= 0.6 is 0 Å². The van der Waals surface area contributed by atoms with Gasteiger partial charge in [0.25, 0.3) is 0 Å². The Morgan fingerprint density at radius 1 is 1.47 bits per heavy atom. The van der Waals surface area contributed by atoms with E-state index in [2.05, 4.69) is 4.74 Å². The molecule has 0 amide bonds. The number of carboxylic acid groups (broad SMARTS) is 1. The highest BCUT2D eigenvalue weighted by Crippen LogP contribution is 2.25. The number of rotatable bonds is 1. The summed E-state index contributed by atoms with van der Waals surface area (Å²) in [5.41, 5.74) is 5.86. The molecule has 0 aliphatic heterocycles. The van der Waals surface area contributed by atoms with Crippen LogP contribution in [-0.2, 0) is 0 Å². The second kappa shape index (κ2) is 3.82. The van der Waals surface area contributed by atoms with E-state index in [1.54, 1.807) is 19.1 Å².